The molecule has 0 saturated heterocycles. The Hall–Kier alpha value is -0.860. The van der Waals surface area contributed by atoms with E-state index in [1.165, 1.54) is 24.0 Å². The standard InChI is InChI=1S/C16H25NO/c1-11(2)16(10-18)17-15-9-8-12(3)13-6-4-5-7-14(13)15/h4-7,11-12,15-18H,8-10H2,1-3H3. The van der Waals surface area contributed by atoms with E-state index in [-0.39, 0.29) is 12.6 Å². The third kappa shape index (κ3) is 2.76. The molecule has 2 nitrogen and oxygen atoms in total. The lowest BCUT2D eigenvalue weighted by atomic mass is 9.80. The van der Waals surface area contributed by atoms with Crippen molar-refractivity contribution in [3.63, 3.8) is 0 Å². The van der Waals surface area contributed by atoms with E-state index in [2.05, 4.69) is 50.4 Å². The Bertz CT molecular complexity index is 388. The number of rotatable bonds is 4. The molecule has 2 heteroatoms. The molecule has 1 aromatic carbocycles. The van der Waals surface area contributed by atoms with Crippen LogP contribution in [0.2, 0.25) is 0 Å². The summed E-state index contributed by atoms with van der Waals surface area (Å²) < 4.78 is 0. The van der Waals surface area contributed by atoms with Crippen molar-refractivity contribution >= 4 is 0 Å². The average Bonchev–Trinajstić information content (AvgIpc) is 2.38. The SMILES string of the molecule is CC1CCC(NC(CO)C(C)C)c2ccccc21. The van der Waals surface area contributed by atoms with Gasteiger partial charge >= 0.3 is 0 Å². The van der Waals surface area contributed by atoms with Gasteiger partial charge in [-0.2, -0.15) is 0 Å². The van der Waals surface area contributed by atoms with E-state index in [9.17, 15) is 5.11 Å². The predicted molar refractivity (Wildman–Crippen MR) is 75.7 cm³/mol. The van der Waals surface area contributed by atoms with Crippen molar-refractivity contribution < 1.29 is 5.11 Å². The van der Waals surface area contributed by atoms with Crippen LogP contribution in [0.4, 0.5) is 0 Å². The minimum absolute atomic E-state index is 0.191. The van der Waals surface area contributed by atoms with Gasteiger partial charge in [-0.1, -0.05) is 45.0 Å². The summed E-state index contributed by atoms with van der Waals surface area (Å²) in [7, 11) is 0. The Morgan fingerprint density at radius 2 is 1.89 bits per heavy atom. The summed E-state index contributed by atoms with van der Waals surface area (Å²) in [5.74, 6) is 1.12. The lowest BCUT2D eigenvalue weighted by molar-refractivity contribution is 0.193. The topological polar surface area (TPSA) is 32.3 Å². The maximum absolute atomic E-state index is 9.46. The Morgan fingerprint density at radius 3 is 2.50 bits per heavy atom. The third-order valence-electron chi connectivity index (χ3n) is 4.21. The van der Waals surface area contributed by atoms with Gasteiger partial charge in [0.2, 0.25) is 0 Å². The van der Waals surface area contributed by atoms with Crippen LogP contribution in [-0.2, 0) is 0 Å². The van der Waals surface area contributed by atoms with Crippen LogP contribution in [0.3, 0.4) is 0 Å². The molecule has 1 aliphatic carbocycles. The highest BCUT2D eigenvalue weighted by Gasteiger charge is 2.26. The smallest absolute Gasteiger partial charge is 0.0587 e. The van der Waals surface area contributed by atoms with Crippen molar-refractivity contribution in [2.45, 2.75) is 51.6 Å². The maximum Gasteiger partial charge on any atom is 0.0587 e. The lowest BCUT2D eigenvalue weighted by Crippen LogP contribution is -2.40. The summed E-state index contributed by atoms with van der Waals surface area (Å²) in [6, 6.07) is 9.32. The molecule has 0 spiro atoms. The van der Waals surface area contributed by atoms with E-state index in [1.807, 2.05) is 0 Å². The van der Waals surface area contributed by atoms with Crippen LogP contribution in [0.15, 0.2) is 24.3 Å². The first-order valence-electron chi connectivity index (χ1n) is 7.09. The molecule has 18 heavy (non-hydrogen) atoms. The number of aliphatic hydroxyl groups excluding tert-OH is 1. The third-order valence-corrected chi connectivity index (χ3v) is 4.21. The first kappa shape index (κ1) is 13.6. The van der Waals surface area contributed by atoms with Crippen molar-refractivity contribution in [2.24, 2.45) is 5.92 Å². The molecule has 0 aromatic heterocycles. The van der Waals surface area contributed by atoms with Crippen LogP contribution in [0, 0.1) is 5.92 Å². The van der Waals surface area contributed by atoms with Crippen LogP contribution in [-0.4, -0.2) is 17.8 Å². The molecule has 3 unspecified atom stereocenters. The van der Waals surface area contributed by atoms with Crippen molar-refractivity contribution in [3.05, 3.63) is 35.4 Å². The molecule has 2 rings (SSSR count). The summed E-state index contributed by atoms with van der Waals surface area (Å²) in [4.78, 5) is 0. The molecule has 0 saturated carbocycles. The fourth-order valence-corrected chi connectivity index (χ4v) is 2.89. The number of hydrogen-bond donors (Lipinski definition) is 2. The molecule has 0 heterocycles. The molecule has 0 amide bonds. The Kier molecular flexibility index (Phi) is 4.41. The summed E-state index contributed by atoms with van der Waals surface area (Å²) >= 11 is 0. The van der Waals surface area contributed by atoms with Crippen LogP contribution in [0.25, 0.3) is 0 Å². The molecule has 2 N–H and O–H groups in total. The monoisotopic (exact) mass is 247 g/mol. The molecule has 1 aliphatic rings. The second kappa shape index (κ2) is 5.85. The van der Waals surface area contributed by atoms with E-state index in [4.69, 9.17) is 0 Å². The Labute approximate surface area is 110 Å². The predicted octanol–water partition coefficient (Wildman–Crippen LogP) is 3.23. The van der Waals surface area contributed by atoms with Gasteiger partial charge in [0.25, 0.3) is 0 Å². The second-order valence-corrected chi connectivity index (χ2v) is 5.86. The van der Waals surface area contributed by atoms with Crippen molar-refractivity contribution in [3.8, 4) is 0 Å². The zero-order valence-electron chi connectivity index (χ0n) is 11.7. The van der Waals surface area contributed by atoms with E-state index in [1.54, 1.807) is 0 Å². The molecular formula is C16H25NO. The number of fused-ring (bicyclic) bond motifs is 1. The van der Waals surface area contributed by atoms with Crippen LogP contribution in [0.1, 0.15) is 56.7 Å². The van der Waals surface area contributed by atoms with Gasteiger partial charge < -0.3 is 10.4 Å². The molecular weight excluding hydrogens is 222 g/mol. The number of aliphatic hydroxyl groups is 1. The summed E-state index contributed by atoms with van der Waals surface area (Å²) in [5.41, 5.74) is 2.90. The Morgan fingerprint density at radius 1 is 1.22 bits per heavy atom. The summed E-state index contributed by atoms with van der Waals surface area (Å²) in [6.07, 6.45) is 2.40. The van der Waals surface area contributed by atoms with E-state index in [0.717, 1.165) is 0 Å². The van der Waals surface area contributed by atoms with Crippen molar-refractivity contribution in [2.75, 3.05) is 6.61 Å². The largest absolute Gasteiger partial charge is 0.395 e. The maximum atomic E-state index is 9.46. The highest BCUT2D eigenvalue weighted by atomic mass is 16.3. The fourth-order valence-electron chi connectivity index (χ4n) is 2.89. The minimum Gasteiger partial charge on any atom is -0.395 e. The average molecular weight is 247 g/mol. The van der Waals surface area contributed by atoms with Gasteiger partial charge in [-0.15, -0.1) is 0 Å². The molecule has 0 bridgehead atoms. The second-order valence-electron chi connectivity index (χ2n) is 5.86. The van der Waals surface area contributed by atoms with E-state index < -0.39 is 0 Å². The molecule has 1 aromatic rings. The van der Waals surface area contributed by atoms with Gasteiger partial charge in [0.1, 0.15) is 0 Å². The first-order valence-corrected chi connectivity index (χ1v) is 7.09. The highest BCUT2D eigenvalue weighted by Crippen LogP contribution is 2.37. The van der Waals surface area contributed by atoms with Gasteiger partial charge in [-0.25, -0.2) is 0 Å². The fraction of sp³-hybridized carbons (Fsp3) is 0.625. The number of hydrogen-bond acceptors (Lipinski definition) is 2. The Balaban J connectivity index is 2.18. The molecule has 0 fully saturated rings. The summed E-state index contributed by atoms with van der Waals surface area (Å²) in [5, 5.41) is 13.1. The van der Waals surface area contributed by atoms with Gasteiger partial charge in [0.15, 0.2) is 0 Å². The van der Waals surface area contributed by atoms with Gasteiger partial charge in [0, 0.05) is 12.1 Å². The van der Waals surface area contributed by atoms with E-state index in [0.29, 0.717) is 17.9 Å². The zero-order chi connectivity index (χ0) is 13.1. The molecule has 0 radical (unpaired) electrons. The number of benzene rings is 1. The van der Waals surface area contributed by atoms with Crippen molar-refractivity contribution in [1.29, 1.82) is 0 Å². The van der Waals surface area contributed by atoms with Crippen LogP contribution >= 0.6 is 0 Å². The van der Waals surface area contributed by atoms with Crippen molar-refractivity contribution in [1.82, 2.24) is 5.32 Å². The molecule has 0 aliphatic heterocycles. The van der Waals surface area contributed by atoms with Crippen LogP contribution in [0.5, 0.6) is 0 Å². The van der Waals surface area contributed by atoms with Gasteiger partial charge in [-0.05, 0) is 35.8 Å². The minimum atomic E-state index is 0.191. The highest BCUT2D eigenvalue weighted by molar-refractivity contribution is 5.35. The quantitative estimate of drug-likeness (QED) is 0.856. The lowest BCUT2D eigenvalue weighted by Gasteiger charge is -2.34. The summed E-state index contributed by atoms with van der Waals surface area (Å²) in [6.45, 7) is 6.84. The van der Waals surface area contributed by atoms with Crippen LogP contribution < -0.4 is 5.32 Å². The molecule has 3 atom stereocenters. The van der Waals surface area contributed by atoms with Gasteiger partial charge in [0.05, 0.1) is 6.61 Å². The normalized spacial score (nSPS) is 24.9. The number of nitrogens with one attached hydrogen (secondary N) is 1. The first-order chi connectivity index (χ1) is 8.63. The zero-order valence-corrected chi connectivity index (χ0v) is 11.7. The molecule has 100 valence electrons. The van der Waals surface area contributed by atoms with E-state index >= 15 is 0 Å². The van der Waals surface area contributed by atoms with Gasteiger partial charge in [-0.3, -0.25) is 0 Å².